The summed E-state index contributed by atoms with van der Waals surface area (Å²) in [5, 5.41) is 3.27. The Bertz CT molecular complexity index is 1100. The maximum Gasteiger partial charge on any atom is 0.433 e. The lowest BCUT2D eigenvalue weighted by Crippen LogP contribution is -2.07. The number of alkyl halides is 3. The monoisotopic (exact) mass is 401 g/mol. The number of rotatable bonds is 5. The van der Waals surface area contributed by atoms with Crippen LogP contribution in [0.25, 0.3) is 11.0 Å². The van der Waals surface area contributed by atoms with Gasteiger partial charge in [0, 0.05) is 34.9 Å². The van der Waals surface area contributed by atoms with Crippen molar-refractivity contribution in [2.24, 2.45) is 0 Å². The fourth-order valence-electron chi connectivity index (χ4n) is 2.61. The normalized spacial score (nSPS) is 11.7. The van der Waals surface area contributed by atoms with E-state index in [-0.39, 0.29) is 0 Å². The lowest BCUT2D eigenvalue weighted by molar-refractivity contribution is -0.141. The van der Waals surface area contributed by atoms with Crippen molar-refractivity contribution in [1.82, 2.24) is 19.9 Å². The number of hydrogen-bond acceptors (Lipinski definition) is 5. The van der Waals surface area contributed by atoms with Crippen LogP contribution in [0.2, 0.25) is 0 Å². The minimum atomic E-state index is -4.45. The minimum absolute atomic E-state index is 0.420. The van der Waals surface area contributed by atoms with E-state index < -0.39 is 11.9 Å². The highest BCUT2D eigenvalue weighted by Gasteiger charge is 2.32. The number of fused-ring (bicyclic) bond motifs is 1. The molecule has 28 heavy (non-hydrogen) atoms. The molecule has 5 nitrogen and oxygen atoms in total. The van der Waals surface area contributed by atoms with Crippen molar-refractivity contribution in [3.8, 4) is 0 Å². The van der Waals surface area contributed by atoms with Gasteiger partial charge in [0.1, 0.15) is 11.5 Å². The third kappa shape index (κ3) is 4.25. The van der Waals surface area contributed by atoms with Crippen LogP contribution < -0.4 is 5.32 Å². The Morgan fingerprint density at radius 1 is 0.964 bits per heavy atom. The van der Waals surface area contributed by atoms with Gasteiger partial charge >= 0.3 is 6.18 Å². The van der Waals surface area contributed by atoms with Crippen molar-refractivity contribution >= 4 is 34.2 Å². The van der Waals surface area contributed by atoms with Gasteiger partial charge in [-0.1, -0.05) is 0 Å². The van der Waals surface area contributed by atoms with Crippen LogP contribution in [0.1, 0.15) is 11.5 Å². The summed E-state index contributed by atoms with van der Waals surface area (Å²) in [6, 6.07) is 12.1. The van der Waals surface area contributed by atoms with Crippen molar-refractivity contribution in [1.29, 1.82) is 0 Å². The summed E-state index contributed by atoms with van der Waals surface area (Å²) < 4.78 is 38.3. The first-order chi connectivity index (χ1) is 13.5. The molecule has 0 aliphatic rings. The number of pyridine rings is 2. The molecule has 4 aromatic rings. The smallest absolute Gasteiger partial charge is 0.355 e. The number of nitrogens with one attached hydrogen (secondary N) is 2. The molecule has 0 radical (unpaired) electrons. The number of thioether (sulfide) groups is 1. The van der Waals surface area contributed by atoms with Gasteiger partial charge in [-0.25, -0.2) is 4.98 Å². The van der Waals surface area contributed by atoms with Gasteiger partial charge in [0.15, 0.2) is 0 Å². The summed E-state index contributed by atoms with van der Waals surface area (Å²) in [5.41, 5.74) is 2.54. The van der Waals surface area contributed by atoms with E-state index in [9.17, 15) is 13.2 Å². The number of hydrogen-bond donors (Lipinski definition) is 2. The molecule has 0 atom stereocenters. The molecule has 0 fully saturated rings. The van der Waals surface area contributed by atoms with E-state index in [2.05, 4.69) is 25.3 Å². The number of aromatic amines is 1. The number of halogens is 3. The average molecular weight is 401 g/mol. The van der Waals surface area contributed by atoms with Crippen LogP contribution >= 0.6 is 11.8 Å². The molecule has 3 heterocycles. The van der Waals surface area contributed by atoms with Gasteiger partial charge in [-0.15, -0.1) is 11.8 Å². The number of nitrogens with zero attached hydrogens (tertiary/aromatic N) is 3. The standard InChI is InChI=1S/C19H14F3N5S/c20-19(21,22)17-10-14(5-8-24-17)28-11-18-26-15-2-1-13(9-16(15)27-18)25-12-3-6-23-7-4-12/h1-10H,11H2,(H,23,25)(H,26,27). The van der Waals surface area contributed by atoms with Crippen LogP contribution in [0.3, 0.4) is 0 Å². The summed E-state index contributed by atoms with van der Waals surface area (Å²) in [7, 11) is 0. The van der Waals surface area contributed by atoms with E-state index in [0.29, 0.717) is 16.5 Å². The van der Waals surface area contributed by atoms with E-state index in [0.717, 1.165) is 28.5 Å². The lowest BCUT2D eigenvalue weighted by atomic mass is 10.2. The molecule has 0 aliphatic carbocycles. The highest BCUT2D eigenvalue weighted by molar-refractivity contribution is 7.98. The number of aromatic nitrogens is 4. The Morgan fingerprint density at radius 2 is 1.79 bits per heavy atom. The van der Waals surface area contributed by atoms with Crippen molar-refractivity contribution in [3.05, 3.63) is 72.6 Å². The first-order valence-corrected chi connectivity index (χ1v) is 9.28. The average Bonchev–Trinajstić information content (AvgIpc) is 3.09. The van der Waals surface area contributed by atoms with E-state index in [1.54, 1.807) is 18.5 Å². The minimum Gasteiger partial charge on any atom is -0.355 e. The van der Waals surface area contributed by atoms with Gasteiger partial charge < -0.3 is 10.3 Å². The number of anilines is 2. The third-order valence-corrected chi connectivity index (χ3v) is 4.90. The molecule has 142 valence electrons. The van der Waals surface area contributed by atoms with Crippen LogP contribution in [0.5, 0.6) is 0 Å². The summed E-state index contributed by atoms with van der Waals surface area (Å²) in [6.45, 7) is 0. The second kappa shape index (κ2) is 7.51. The zero-order valence-electron chi connectivity index (χ0n) is 14.4. The van der Waals surface area contributed by atoms with Gasteiger partial charge in [-0.2, -0.15) is 13.2 Å². The SMILES string of the molecule is FC(F)(F)c1cc(SCc2nc3cc(Nc4ccncc4)ccc3[nH]2)ccn1. The highest BCUT2D eigenvalue weighted by atomic mass is 32.2. The summed E-state index contributed by atoms with van der Waals surface area (Å²) in [6.07, 6.45) is 0.122. The molecule has 0 aliphatic heterocycles. The zero-order chi connectivity index (χ0) is 19.6. The predicted octanol–water partition coefficient (Wildman–Crippen LogP) is 5.41. The third-order valence-electron chi connectivity index (χ3n) is 3.90. The topological polar surface area (TPSA) is 66.5 Å². The van der Waals surface area contributed by atoms with Crippen LogP contribution in [0.4, 0.5) is 24.5 Å². The predicted molar refractivity (Wildman–Crippen MR) is 102 cm³/mol. The fraction of sp³-hybridized carbons (Fsp3) is 0.105. The van der Waals surface area contributed by atoms with Crippen molar-refractivity contribution < 1.29 is 13.2 Å². The Labute approximate surface area is 162 Å². The van der Waals surface area contributed by atoms with Crippen LogP contribution in [-0.2, 0) is 11.9 Å². The summed E-state index contributed by atoms with van der Waals surface area (Å²) in [4.78, 5) is 15.6. The molecular formula is C19H14F3N5S. The largest absolute Gasteiger partial charge is 0.433 e. The molecule has 1 aromatic carbocycles. The Kier molecular flexibility index (Phi) is 4.91. The van der Waals surface area contributed by atoms with Crippen molar-refractivity contribution in [3.63, 3.8) is 0 Å². The first kappa shape index (κ1) is 18.3. The van der Waals surface area contributed by atoms with Crippen LogP contribution in [0, 0.1) is 0 Å². The van der Waals surface area contributed by atoms with Gasteiger partial charge in [-0.05, 0) is 42.5 Å². The Balaban J connectivity index is 1.48. The van der Waals surface area contributed by atoms with Gasteiger partial charge in [0.25, 0.3) is 0 Å². The van der Waals surface area contributed by atoms with Crippen molar-refractivity contribution in [2.45, 2.75) is 16.8 Å². The fourth-order valence-corrected chi connectivity index (χ4v) is 3.41. The van der Waals surface area contributed by atoms with E-state index in [4.69, 9.17) is 0 Å². The Morgan fingerprint density at radius 3 is 2.57 bits per heavy atom. The molecule has 0 unspecified atom stereocenters. The molecular weight excluding hydrogens is 387 g/mol. The second-order valence-corrected chi connectivity index (χ2v) is 6.99. The summed E-state index contributed by atoms with van der Waals surface area (Å²) in [5.74, 6) is 1.11. The quantitative estimate of drug-likeness (QED) is 0.438. The van der Waals surface area contributed by atoms with Crippen LogP contribution in [0.15, 0.2) is 66.0 Å². The molecule has 0 spiro atoms. The van der Waals surface area contributed by atoms with Crippen LogP contribution in [-0.4, -0.2) is 19.9 Å². The van der Waals surface area contributed by atoms with Crippen molar-refractivity contribution in [2.75, 3.05) is 5.32 Å². The first-order valence-electron chi connectivity index (χ1n) is 8.29. The molecule has 2 N–H and O–H groups in total. The molecule has 0 amide bonds. The molecule has 0 saturated heterocycles. The zero-order valence-corrected chi connectivity index (χ0v) is 15.2. The number of imidazole rings is 1. The van der Waals surface area contributed by atoms with E-state index in [1.165, 1.54) is 18.0 Å². The molecule has 3 aromatic heterocycles. The number of H-pyrrole nitrogens is 1. The van der Waals surface area contributed by atoms with Gasteiger partial charge in [0.05, 0.1) is 16.8 Å². The molecule has 0 bridgehead atoms. The summed E-state index contributed by atoms with van der Waals surface area (Å²) >= 11 is 1.27. The van der Waals surface area contributed by atoms with E-state index in [1.807, 2.05) is 30.3 Å². The molecule has 9 heteroatoms. The molecule has 4 rings (SSSR count). The molecule has 0 saturated carbocycles. The lowest BCUT2D eigenvalue weighted by Gasteiger charge is -2.06. The highest BCUT2D eigenvalue weighted by Crippen LogP contribution is 2.31. The second-order valence-electron chi connectivity index (χ2n) is 5.94. The maximum atomic E-state index is 12.8. The van der Waals surface area contributed by atoms with Gasteiger partial charge in [0.2, 0.25) is 0 Å². The number of benzene rings is 1. The maximum absolute atomic E-state index is 12.8. The van der Waals surface area contributed by atoms with E-state index >= 15 is 0 Å². The van der Waals surface area contributed by atoms with Gasteiger partial charge in [-0.3, -0.25) is 9.97 Å². The Hall–Kier alpha value is -3.07.